The van der Waals surface area contributed by atoms with E-state index in [2.05, 4.69) is 49.9 Å². The zero-order valence-corrected chi connectivity index (χ0v) is 10.2. The molecule has 2 heteroatoms. The summed E-state index contributed by atoms with van der Waals surface area (Å²) in [5, 5.41) is 0. The zero-order valence-electron chi connectivity index (χ0n) is 8.63. The van der Waals surface area contributed by atoms with Gasteiger partial charge in [0.25, 0.3) is 0 Å². The van der Waals surface area contributed by atoms with Gasteiger partial charge >= 0.3 is 0 Å². The minimum Gasteiger partial charge on any atom is -1.00 e. The smallest absolute Gasteiger partial charge is 0.169 e. The predicted octanol–water partition coefficient (Wildman–Crippen LogP) is 0.784. The predicted molar refractivity (Wildman–Crippen MR) is 64.5 cm³/mol. The molecule has 0 bridgehead atoms. The van der Waals surface area contributed by atoms with E-state index >= 15 is 0 Å². The molecule has 0 spiro atoms. The van der Waals surface area contributed by atoms with E-state index in [1.54, 1.807) is 0 Å². The normalized spacial score (nSPS) is 10.3. The van der Waals surface area contributed by atoms with Gasteiger partial charge in [-0.25, -0.2) is 4.57 Å². The molecule has 1 aromatic rings. The standard InChI is InChI=1S/C11H18N.2CH4.BrH/c1-4-10(3)11-6-8-12(5-2)9-7-11;;;/h6-10H,4-5H2,1-3H3;2*1H4;1H/q+1;;;/p-1. The molecule has 0 saturated heterocycles. The second kappa shape index (κ2) is 10.2. The summed E-state index contributed by atoms with van der Waals surface area (Å²) in [4.78, 5) is 0. The number of aromatic nitrogens is 1. The Labute approximate surface area is 106 Å². The van der Waals surface area contributed by atoms with E-state index in [4.69, 9.17) is 0 Å². The molecule has 1 heterocycles. The van der Waals surface area contributed by atoms with Crippen molar-refractivity contribution in [1.82, 2.24) is 0 Å². The fourth-order valence-electron chi connectivity index (χ4n) is 1.24. The topological polar surface area (TPSA) is 3.88 Å². The van der Waals surface area contributed by atoms with Gasteiger partial charge in [-0.2, -0.15) is 0 Å². The molecular formula is C13H26BrN. The molecule has 90 valence electrons. The average Bonchev–Trinajstić information content (AvgIpc) is 2.17. The van der Waals surface area contributed by atoms with Crippen LogP contribution in [0.3, 0.4) is 0 Å². The van der Waals surface area contributed by atoms with Crippen molar-refractivity contribution >= 4 is 0 Å². The van der Waals surface area contributed by atoms with Crippen molar-refractivity contribution in [3.8, 4) is 0 Å². The highest BCUT2D eigenvalue weighted by atomic mass is 79.9. The molecule has 0 aliphatic heterocycles. The minimum atomic E-state index is 0. The lowest BCUT2D eigenvalue weighted by Crippen LogP contribution is -3.00. The van der Waals surface area contributed by atoms with E-state index in [9.17, 15) is 0 Å². The minimum absolute atomic E-state index is 0. The Kier molecular flexibility index (Phi) is 13.6. The highest BCUT2D eigenvalue weighted by Gasteiger charge is 2.03. The van der Waals surface area contributed by atoms with Crippen molar-refractivity contribution in [3.05, 3.63) is 30.1 Å². The Bertz CT molecular complexity index is 231. The summed E-state index contributed by atoms with van der Waals surface area (Å²) in [5.74, 6) is 0.691. The van der Waals surface area contributed by atoms with Gasteiger partial charge in [0.2, 0.25) is 0 Å². The summed E-state index contributed by atoms with van der Waals surface area (Å²) in [6, 6.07) is 4.44. The van der Waals surface area contributed by atoms with Crippen molar-refractivity contribution < 1.29 is 21.5 Å². The molecule has 1 nitrogen and oxygen atoms in total. The maximum Gasteiger partial charge on any atom is 0.169 e. The van der Waals surface area contributed by atoms with Crippen LogP contribution in [0, 0.1) is 0 Å². The lowest BCUT2D eigenvalue weighted by Gasteiger charge is -2.06. The van der Waals surface area contributed by atoms with Gasteiger partial charge in [0, 0.05) is 12.1 Å². The van der Waals surface area contributed by atoms with E-state index in [-0.39, 0.29) is 31.8 Å². The lowest BCUT2D eigenvalue weighted by molar-refractivity contribution is -0.693. The van der Waals surface area contributed by atoms with Crippen molar-refractivity contribution in [2.45, 2.75) is 54.5 Å². The van der Waals surface area contributed by atoms with Crippen LogP contribution in [0.1, 0.15) is 53.5 Å². The number of nitrogens with zero attached hydrogens (tertiary/aromatic N) is 1. The van der Waals surface area contributed by atoms with Crippen LogP contribution in [-0.2, 0) is 6.54 Å². The van der Waals surface area contributed by atoms with Crippen molar-refractivity contribution in [3.63, 3.8) is 0 Å². The SMILES string of the molecule is C.C.CCC(C)c1cc[n+](CC)cc1.[Br-]. The highest BCUT2D eigenvalue weighted by molar-refractivity contribution is 5.12. The molecule has 0 fully saturated rings. The van der Waals surface area contributed by atoms with Crippen LogP contribution in [0.25, 0.3) is 0 Å². The second-order valence-corrected chi connectivity index (χ2v) is 3.27. The van der Waals surface area contributed by atoms with Crippen molar-refractivity contribution in [1.29, 1.82) is 0 Å². The summed E-state index contributed by atoms with van der Waals surface area (Å²) < 4.78 is 2.19. The molecule has 0 saturated carbocycles. The van der Waals surface area contributed by atoms with E-state index in [1.165, 1.54) is 12.0 Å². The number of hydrogen-bond acceptors (Lipinski definition) is 0. The third-order valence-corrected chi connectivity index (χ3v) is 2.46. The maximum atomic E-state index is 2.27. The van der Waals surface area contributed by atoms with Crippen LogP contribution in [0.4, 0.5) is 0 Å². The number of hydrogen-bond donors (Lipinski definition) is 0. The van der Waals surface area contributed by atoms with Gasteiger partial charge in [-0.3, -0.25) is 0 Å². The molecule has 0 N–H and O–H groups in total. The molecule has 0 amide bonds. The van der Waals surface area contributed by atoms with Gasteiger partial charge < -0.3 is 17.0 Å². The van der Waals surface area contributed by atoms with Crippen LogP contribution in [0.5, 0.6) is 0 Å². The highest BCUT2D eigenvalue weighted by Crippen LogP contribution is 2.15. The Morgan fingerprint density at radius 2 is 1.60 bits per heavy atom. The maximum absolute atomic E-state index is 2.27. The molecule has 0 radical (unpaired) electrons. The first-order chi connectivity index (χ1) is 5.77. The van der Waals surface area contributed by atoms with Gasteiger partial charge in [0.05, 0.1) is 0 Å². The van der Waals surface area contributed by atoms with Crippen LogP contribution in [0.2, 0.25) is 0 Å². The third kappa shape index (κ3) is 5.93. The van der Waals surface area contributed by atoms with E-state index < -0.39 is 0 Å². The van der Waals surface area contributed by atoms with Gasteiger partial charge in [-0.1, -0.05) is 28.7 Å². The molecule has 1 atom stereocenters. The summed E-state index contributed by atoms with van der Waals surface area (Å²) in [7, 11) is 0. The molecule has 1 aromatic heterocycles. The molecular weight excluding hydrogens is 250 g/mol. The number of rotatable bonds is 3. The van der Waals surface area contributed by atoms with Crippen LogP contribution in [0.15, 0.2) is 24.5 Å². The monoisotopic (exact) mass is 275 g/mol. The first kappa shape index (κ1) is 20.1. The third-order valence-electron chi connectivity index (χ3n) is 2.46. The fraction of sp³-hybridized carbons (Fsp3) is 0.615. The van der Waals surface area contributed by atoms with E-state index in [1.807, 2.05) is 0 Å². The van der Waals surface area contributed by atoms with Gasteiger partial charge in [0.1, 0.15) is 6.54 Å². The average molecular weight is 276 g/mol. The molecule has 0 aliphatic carbocycles. The summed E-state index contributed by atoms with van der Waals surface area (Å²) in [6.45, 7) is 7.71. The van der Waals surface area contributed by atoms with E-state index in [0.717, 1.165) is 6.54 Å². The van der Waals surface area contributed by atoms with Gasteiger partial charge in [0.15, 0.2) is 12.4 Å². The summed E-state index contributed by atoms with van der Waals surface area (Å²) in [6.07, 6.45) is 5.53. The van der Waals surface area contributed by atoms with Gasteiger partial charge in [-0.05, 0) is 24.8 Å². The number of pyridine rings is 1. The summed E-state index contributed by atoms with van der Waals surface area (Å²) in [5.41, 5.74) is 1.45. The molecule has 1 unspecified atom stereocenters. The van der Waals surface area contributed by atoms with Crippen molar-refractivity contribution in [2.75, 3.05) is 0 Å². The second-order valence-electron chi connectivity index (χ2n) is 3.27. The Morgan fingerprint density at radius 1 is 1.13 bits per heavy atom. The number of aryl methyl sites for hydroxylation is 1. The number of halogens is 1. The lowest BCUT2D eigenvalue weighted by atomic mass is 10.0. The Morgan fingerprint density at radius 3 is 1.93 bits per heavy atom. The first-order valence-electron chi connectivity index (χ1n) is 4.77. The van der Waals surface area contributed by atoms with Crippen LogP contribution >= 0.6 is 0 Å². The molecule has 1 rings (SSSR count). The molecule has 0 aliphatic rings. The quantitative estimate of drug-likeness (QED) is 0.719. The molecule has 15 heavy (non-hydrogen) atoms. The molecule has 0 aromatic carbocycles. The Hall–Kier alpha value is -0.370. The fourth-order valence-corrected chi connectivity index (χ4v) is 1.24. The van der Waals surface area contributed by atoms with Crippen LogP contribution in [-0.4, -0.2) is 0 Å². The summed E-state index contributed by atoms with van der Waals surface area (Å²) >= 11 is 0. The Balaban J connectivity index is -0.000000480. The largest absolute Gasteiger partial charge is 1.00 e. The van der Waals surface area contributed by atoms with Gasteiger partial charge in [-0.15, -0.1) is 0 Å². The first-order valence-corrected chi connectivity index (χ1v) is 4.77. The zero-order chi connectivity index (χ0) is 8.97. The van der Waals surface area contributed by atoms with Crippen molar-refractivity contribution in [2.24, 2.45) is 0 Å². The van der Waals surface area contributed by atoms with Crippen LogP contribution < -0.4 is 21.5 Å². The van der Waals surface area contributed by atoms with E-state index in [0.29, 0.717) is 5.92 Å².